The Labute approximate surface area is 160 Å². The van der Waals surface area contributed by atoms with Gasteiger partial charge in [0, 0.05) is 12.4 Å². The number of para-hydroxylation sites is 1. The summed E-state index contributed by atoms with van der Waals surface area (Å²) in [6.07, 6.45) is 0. The summed E-state index contributed by atoms with van der Waals surface area (Å²) in [5, 5.41) is 1.41. The molecule has 0 radical (unpaired) electrons. The van der Waals surface area contributed by atoms with Crippen molar-refractivity contribution in [1.82, 2.24) is 19.9 Å². The quantitative estimate of drug-likeness (QED) is 0.593. The summed E-state index contributed by atoms with van der Waals surface area (Å²) in [7, 11) is 3.25. The first-order valence-corrected chi connectivity index (χ1v) is 8.73. The highest BCUT2D eigenvalue weighted by molar-refractivity contribution is 5.95. The van der Waals surface area contributed by atoms with Gasteiger partial charge in [0.15, 0.2) is 0 Å². The Hall–Kier alpha value is -3.74. The summed E-state index contributed by atoms with van der Waals surface area (Å²) in [6, 6.07) is 16.1. The maximum atomic E-state index is 12.8. The molecule has 1 N–H and O–H groups in total. The fraction of sp³-hybridized carbons (Fsp3) is 0.143. The van der Waals surface area contributed by atoms with Crippen molar-refractivity contribution in [2.24, 2.45) is 0 Å². The van der Waals surface area contributed by atoms with Gasteiger partial charge in [-0.3, -0.25) is 9.59 Å². The van der Waals surface area contributed by atoms with Gasteiger partial charge in [-0.05, 0) is 36.4 Å². The van der Waals surface area contributed by atoms with Gasteiger partial charge in [-0.2, -0.15) is 0 Å². The number of nitrogens with one attached hydrogen (secondary N) is 1. The van der Waals surface area contributed by atoms with Gasteiger partial charge < -0.3 is 14.6 Å². The molecule has 0 aliphatic carbocycles. The first kappa shape index (κ1) is 17.7. The van der Waals surface area contributed by atoms with Crippen molar-refractivity contribution >= 4 is 27.7 Å². The number of nitrogens with zero attached hydrogens (tertiary/aromatic N) is 3. The Morgan fingerprint density at radius 3 is 2.71 bits per heavy atom. The number of H-pyrrole nitrogens is 1. The van der Waals surface area contributed by atoms with Crippen molar-refractivity contribution in [2.75, 3.05) is 14.2 Å². The lowest BCUT2D eigenvalue weighted by Crippen LogP contribution is -2.29. The van der Waals surface area contributed by atoms with Crippen LogP contribution in [0.5, 0.6) is 5.75 Å². The van der Waals surface area contributed by atoms with Gasteiger partial charge in [0.05, 0.1) is 30.1 Å². The SMILES string of the molecule is COc1ccc2nc(C(=O)N(C)Cc3nc4ccccc4c(=O)[nH]3)ccc2c1. The lowest BCUT2D eigenvalue weighted by atomic mass is 10.2. The topological polar surface area (TPSA) is 88.2 Å². The zero-order valence-electron chi connectivity index (χ0n) is 15.5. The number of carbonyl (C=O) groups is 1. The van der Waals surface area contributed by atoms with Crippen LogP contribution in [-0.4, -0.2) is 39.9 Å². The Morgan fingerprint density at radius 1 is 1.07 bits per heavy atom. The van der Waals surface area contributed by atoms with Gasteiger partial charge in [0.25, 0.3) is 11.5 Å². The highest BCUT2D eigenvalue weighted by atomic mass is 16.5. The summed E-state index contributed by atoms with van der Waals surface area (Å²) in [4.78, 5) is 38.1. The van der Waals surface area contributed by atoms with Crippen LogP contribution >= 0.6 is 0 Å². The molecule has 0 saturated carbocycles. The number of rotatable bonds is 4. The van der Waals surface area contributed by atoms with E-state index in [0.717, 1.165) is 11.1 Å². The fourth-order valence-corrected chi connectivity index (χ4v) is 3.05. The number of pyridine rings is 1. The summed E-state index contributed by atoms with van der Waals surface area (Å²) >= 11 is 0. The molecule has 2 aromatic heterocycles. The minimum Gasteiger partial charge on any atom is -0.497 e. The molecular weight excluding hydrogens is 356 g/mol. The normalized spacial score (nSPS) is 10.9. The molecule has 0 unspecified atom stereocenters. The van der Waals surface area contributed by atoms with E-state index in [9.17, 15) is 9.59 Å². The Balaban J connectivity index is 1.59. The molecule has 0 aliphatic rings. The highest BCUT2D eigenvalue weighted by Gasteiger charge is 2.16. The minimum absolute atomic E-state index is 0.168. The molecule has 1 amide bonds. The van der Waals surface area contributed by atoms with Crippen molar-refractivity contribution < 1.29 is 9.53 Å². The lowest BCUT2D eigenvalue weighted by molar-refractivity contribution is 0.0776. The number of fused-ring (bicyclic) bond motifs is 2. The average Bonchev–Trinajstić information content (AvgIpc) is 2.72. The fourth-order valence-electron chi connectivity index (χ4n) is 3.05. The molecule has 2 heterocycles. The second kappa shape index (κ2) is 7.11. The molecule has 28 heavy (non-hydrogen) atoms. The van der Waals surface area contributed by atoms with Gasteiger partial charge in [0.1, 0.15) is 17.3 Å². The van der Waals surface area contributed by atoms with Crippen molar-refractivity contribution in [3.63, 3.8) is 0 Å². The van der Waals surface area contributed by atoms with Crippen LogP contribution in [0.1, 0.15) is 16.3 Å². The molecule has 140 valence electrons. The number of carbonyl (C=O) groups excluding carboxylic acids is 1. The lowest BCUT2D eigenvalue weighted by Gasteiger charge is -2.16. The van der Waals surface area contributed by atoms with E-state index in [2.05, 4.69) is 15.0 Å². The third kappa shape index (κ3) is 3.29. The van der Waals surface area contributed by atoms with Crippen LogP contribution < -0.4 is 10.3 Å². The molecule has 0 aliphatic heterocycles. The molecule has 0 atom stereocenters. The smallest absolute Gasteiger partial charge is 0.272 e. The largest absolute Gasteiger partial charge is 0.497 e. The van der Waals surface area contributed by atoms with Gasteiger partial charge in [-0.15, -0.1) is 0 Å². The van der Waals surface area contributed by atoms with E-state index < -0.39 is 0 Å². The average molecular weight is 374 g/mol. The molecule has 0 spiro atoms. The first-order valence-electron chi connectivity index (χ1n) is 8.73. The zero-order chi connectivity index (χ0) is 19.7. The van der Waals surface area contributed by atoms with Crippen LogP contribution in [0, 0.1) is 0 Å². The van der Waals surface area contributed by atoms with Gasteiger partial charge in [0.2, 0.25) is 0 Å². The number of aromatic nitrogens is 3. The first-order chi connectivity index (χ1) is 13.5. The molecule has 4 aromatic rings. The van der Waals surface area contributed by atoms with Crippen molar-refractivity contribution in [3.05, 3.63) is 76.5 Å². The van der Waals surface area contributed by atoms with E-state index in [4.69, 9.17) is 4.74 Å². The Kier molecular flexibility index (Phi) is 4.49. The van der Waals surface area contributed by atoms with Crippen LogP contribution in [0.15, 0.2) is 59.4 Å². The number of hydrogen-bond donors (Lipinski definition) is 1. The predicted molar refractivity (Wildman–Crippen MR) is 106 cm³/mol. The molecule has 7 heteroatoms. The van der Waals surface area contributed by atoms with Crippen LogP contribution in [0.25, 0.3) is 21.8 Å². The van der Waals surface area contributed by atoms with E-state index in [1.54, 1.807) is 44.5 Å². The Bertz CT molecular complexity index is 1250. The number of amides is 1. The van der Waals surface area contributed by atoms with Gasteiger partial charge in [-0.25, -0.2) is 9.97 Å². The van der Waals surface area contributed by atoms with Crippen LogP contribution in [0.4, 0.5) is 0 Å². The van der Waals surface area contributed by atoms with Crippen molar-refractivity contribution in [3.8, 4) is 5.75 Å². The summed E-state index contributed by atoms with van der Waals surface area (Å²) < 4.78 is 5.21. The molecule has 0 bridgehead atoms. The number of benzene rings is 2. The number of ether oxygens (including phenoxy) is 1. The molecule has 7 nitrogen and oxygen atoms in total. The van der Waals surface area contributed by atoms with E-state index in [1.165, 1.54) is 4.90 Å². The van der Waals surface area contributed by atoms with E-state index >= 15 is 0 Å². The van der Waals surface area contributed by atoms with Crippen molar-refractivity contribution in [1.29, 1.82) is 0 Å². The molecule has 0 fully saturated rings. The second-order valence-electron chi connectivity index (χ2n) is 6.45. The third-order valence-electron chi connectivity index (χ3n) is 4.51. The van der Waals surface area contributed by atoms with Gasteiger partial charge in [-0.1, -0.05) is 18.2 Å². The van der Waals surface area contributed by atoms with E-state index in [0.29, 0.717) is 27.9 Å². The Morgan fingerprint density at radius 2 is 1.89 bits per heavy atom. The minimum atomic E-state index is -0.256. The molecular formula is C21H18N4O3. The van der Waals surface area contributed by atoms with Crippen LogP contribution in [0.3, 0.4) is 0 Å². The van der Waals surface area contributed by atoms with E-state index in [-0.39, 0.29) is 18.0 Å². The standard InChI is InChI=1S/C21H18N4O3/c1-25(12-19-23-17-6-4-3-5-15(17)20(26)24-19)21(27)18-9-7-13-11-14(28-2)8-10-16(13)22-18/h3-11H,12H2,1-2H3,(H,23,24,26). The molecule has 2 aromatic carbocycles. The third-order valence-corrected chi connectivity index (χ3v) is 4.51. The maximum absolute atomic E-state index is 12.8. The van der Waals surface area contributed by atoms with Crippen LogP contribution in [-0.2, 0) is 6.54 Å². The van der Waals surface area contributed by atoms with E-state index in [1.807, 2.05) is 24.3 Å². The van der Waals surface area contributed by atoms with Gasteiger partial charge >= 0.3 is 0 Å². The second-order valence-corrected chi connectivity index (χ2v) is 6.45. The summed E-state index contributed by atoms with van der Waals surface area (Å²) in [5.41, 5.74) is 1.40. The molecule has 4 rings (SSSR count). The monoisotopic (exact) mass is 374 g/mol. The summed E-state index contributed by atoms with van der Waals surface area (Å²) in [6.45, 7) is 0.168. The number of hydrogen-bond acceptors (Lipinski definition) is 5. The zero-order valence-corrected chi connectivity index (χ0v) is 15.5. The number of aromatic amines is 1. The number of methoxy groups -OCH3 is 1. The van der Waals surface area contributed by atoms with Crippen LogP contribution in [0.2, 0.25) is 0 Å². The highest BCUT2D eigenvalue weighted by Crippen LogP contribution is 2.20. The van der Waals surface area contributed by atoms with Crippen molar-refractivity contribution in [2.45, 2.75) is 6.54 Å². The predicted octanol–water partition coefficient (Wildman–Crippen LogP) is 2.75. The summed E-state index contributed by atoms with van der Waals surface area (Å²) in [5.74, 6) is 0.899. The molecule has 0 saturated heterocycles. The maximum Gasteiger partial charge on any atom is 0.272 e.